The summed E-state index contributed by atoms with van der Waals surface area (Å²) in [7, 11) is 1.68. The van der Waals surface area contributed by atoms with E-state index in [4.69, 9.17) is 9.84 Å². The Hall–Kier alpha value is -1.02. The average Bonchev–Trinajstić information content (AvgIpc) is 2.03. The van der Waals surface area contributed by atoms with Gasteiger partial charge in [0, 0.05) is 7.11 Å². The summed E-state index contributed by atoms with van der Waals surface area (Å²) in [5.41, 5.74) is 2.18. The number of methoxy groups -OCH3 is 1. The van der Waals surface area contributed by atoms with Gasteiger partial charge in [-0.2, -0.15) is 0 Å². The summed E-state index contributed by atoms with van der Waals surface area (Å²) in [5, 5.41) is 9.15. The predicted octanol–water partition coefficient (Wildman–Crippen LogP) is 2.41. The van der Waals surface area contributed by atoms with Crippen LogP contribution in [-0.2, 0) is 4.74 Å². The molecule has 0 fully saturated rings. The van der Waals surface area contributed by atoms with Crippen LogP contribution in [0.2, 0.25) is 0 Å². The van der Waals surface area contributed by atoms with E-state index in [1.165, 1.54) is 0 Å². The molecule has 0 aliphatic rings. The first-order chi connectivity index (χ1) is 5.65. The Bertz CT molecular complexity index is 269. The van der Waals surface area contributed by atoms with Crippen LogP contribution >= 0.6 is 0 Å². The zero-order chi connectivity index (χ0) is 9.14. The first kappa shape index (κ1) is 9.07. The molecule has 0 aliphatic carbocycles. The van der Waals surface area contributed by atoms with Crippen LogP contribution < -0.4 is 0 Å². The van der Waals surface area contributed by atoms with Crippen molar-refractivity contribution in [3.8, 4) is 5.75 Å². The summed E-state index contributed by atoms with van der Waals surface area (Å²) in [6, 6.07) is 5.31. The number of hydrogen-bond acceptors (Lipinski definition) is 2. The van der Waals surface area contributed by atoms with E-state index >= 15 is 0 Å². The number of benzene rings is 1. The lowest BCUT2D eigenvalue weighted by Crippen LogP contribution is -1.97. The molecule has 0 spiro atoms. The molecule has 0 radical (unpaired) electrons. The Kier molecular flexibility index (Phi) is 2.71. The van der Waals surface area contributed by atoms with E-state index in [2.05, 4.69) is 0 Å². The van der Waals surface area contributed by atoms with Gasteiger partial charge < -0.3 is 9.84 Å². The molecule has 66 valence electrons. The van der Waals surface area contributed by atoms with Crippen LogP contribution in [-0.4, -0.2) is 12.2 Å². The second-order valence-corrected chi connectivity index (χ2v) is 2.92. The van der Waals surface area contributed by atoms with Crippen molar-refractivity contribution < 1.29 is 9.84 Å². The van der Waals surface area contributed by atoms with Crippen LogP contribution in [0, 0.1) is 6.92 Å². The van der Waals surface area contributed by atoms with Crippen molar-refractivity contribution in [3.63, 3.8) is 0 Å². The molecule has 0 saturated heterocycles. The molecule has 0 saturated carbocycles. The lowest BCUT2D eigenvalue weighted by molar-refractivity contribution is 0.119. The van der Waals surface area contributed by atoms with Gasteiger partial charge in [-0.3, -0.25) is 0 Å². The van der Waals surface area contributed by atoms with E-state index in [1.54, 1.807) is 19.2 Å². The lowest BCUT2D eigenvalue weighted by atomic mass is 10.0. The van der Waals surface area contributed by atoms with Crippen molar-refractivity contribution in [1.82, 2.24) is 0 Å². The number of phenols is 1. The van der Waals surface area contributed by atoms with E-state index in [9.17, 15) is 0 Å². The second-order valence-electron chi connectivity index (χ2n) is 2.92. The minimum atomic E-state index is 0.0885. The minimum absolute atomic E-state index is 0.0885. The van der Waals surface area contributed by atoms with Crippen molar-refractivity contribution in [2.45, 2.75) is 20.0 Å². The third kappa shape index (κ3) is 1.77. The molecule has 2 heteroatoms. The Morgan fingerprint density at radius 2 is 2.08 bits per heavy atom. The summed E-state index contributed by atoms with van der Waals surface area (Å²) in [6.07, 6.45) is 0.0885. The maximum absolute atomic E-state index is 9.15. The largest absolute Gasteiger partial charge is 0.508 e. The molecule has 1 atom stereocenters. The maximum atomic E-state index is 9.15. The topological polar surface area (TPSA) is 29.5 Å². The molecule has 0 bridgehead atoms. The Balaban J connectivity index is 3.01. The van der Waals surface area contributed by atoms with Gasteiger partial charge in [-0.1, -0.05) is 6.07 Å². The van der Waals surface area contributed by atoms with Crippen molar-refractivity contribution in [3.05, 3.63) is 29.3 Å². The zero-order valence-electron chi connectivity index (χ0n) is 7.66. The summed E-state index contributed by atoms with van der Waals surface area (Å²) in [5.74, 6) is 0.305. The zero-order valence-corrected chi connectivity index (χ0v) is 7.66. The highest BCUT2D eigenvalue weighted by atomic mass is 16.5. The molecule has 0 heterocycles. The smallest absolute Gasteiger partial charge is 0.115 e. The molecule has 0 aromatic heterocycles. The van der Waals surface area contributed by atoms with Gasteiger partial charge in [-0.05, 0) is 37.1 Å². The number of phenolic OH excluding ortho intramolecular Hbond substituents is 1. The Morgan fingerprint density at radius 1 is 1.42 bits per heavy atom. The van der Waals surface area contributed by atoms with E-state index < -0.39 is 0 Å². The van der Waals surface area contributed by atoms with Gasteiger partial charge in [0.1, 0.15) is 5.75 Å². The van der Waals surface area contributed by atoms with Gasteiger partial charge in [-0.15, -0.1) is 0 Å². The second kappa shape index (κ2) is 3.59. The van der Waals surface area contributed by atoms with Crippen LogP contribution in [0.4, 0.5) is 0 Å². The SMILES string of the molecule is COC(C)c1ccc(O)cc1C. The van der Waals surface area contributed by atoms with E-state index in [0.717, 1.165) is 11.1 Å². The van der Waals surface area contributed by atoms with Crippen molar-refractivity contribution >= 4 is 0 Å². The Morgan fingerprint density at radius 3 is 2.58 bits per heavy atom. The van der Waals surface area contributed by atoms with Crippen LogP contribution in [0.15, 0.2) is 18.2 Å². The molecule has 1 rings (SSSR count). The Labute approximate surface area is 72.8 Å². The van der Waals surface area contributed by atoms with Crippen LogP contribution in [0.3, 0.4) is 0 Å². The van der Waals surface area contributed by atoms with Gasteiger partial charge >= 0.3 is 0 Å². The van der Waals surface area contributed by atoms with Crippen molar-refractivity contribution in [1.29, 1.82) is 0 Å². The number of hydrogen-bond donors (Lipinski definition) is 1. The average molecular weight is 166 g/mol. The number of ether oxygens (including phenoxy) is 1. The van der Waals surface area contributed by atoms with E-state index in [-0.39, 0.29) is 6.10 Å². The fraction of sp³-hybridized carbons (Fsp3) is 0.400. The molecule has 2 nitrogen and oxygen atoms in total. The summed E-state index contributed by atoms with van der Waals surface area (Å²) in [4.78, 5) is 0. The predicted molar refractivity (Wildman–Crippen MR) is 48.3 cm³/mol. The van der Waals surface area contributed by atoms with Gasteiger partial charge in [0.25, 0.3) is 0 Å². The summed E-state index contributed by atoms with van der Waals surface area (Å²) in [6.45, 7) is 3.95. The van der Waals surface area contributed by atoms with Crippen molar-refractivity contribution in [2.24, 2.45) is 0 Å². The van der Waals surface area contributed by atoms with E-state index in [0.29, 0.717) is 5.75 Å². The molecule has 0 amide bonds. The van der Waals surface area contributed by atoms with Crippen LogP contribution in [0.1, 0.15) is 24.2 Å². The van der Waals surface area contributed by atoms with E-state index in [1.807, 2.05) is 19.9 Å². The monoisotopic (exact) mass is 166 g/mol. The molecule has 0 aliphatic heterocycles. The molecular weight excluding hydrogens is 152 g/mol. The first-order valence-electron chi connectivity index (χ1n) is 3.97. The van der Waals surface area contributed by atoms with Crippen LogP contribution in [0.5, 0.6) is 5.75 Å². The van der Waals surface area contributed by atoms with Crippen LogP contribution in [0.25, 0.3) is 0 Å². The third-order valence-corrected chi connectivity index (χ3v) is 2.04. The first-order valence-corrected chi connectivity index (χ1v) is 3.97. The summed E-state index contributed by atoms with van der Waals surface area (Å²) >= 11 is 0. The molecule has 1 aromatic rings. The number of aromatic hydroxyl groups is 1. The maximum Gasteiger partial charge on any atom is 0.115 e. The molecule has 1 aromatic carbocycles. The fourth-order valence-electron chi connectivity index (χ4n) is 1.24. The highest BCUT2D eigenvalue weighted by Gasteiger charge is 2.06. The summed E-state index contributed by atoms with van der Waals surface area (Å²) < 4.78 is 5.18. The fourth-order valence-corrected chi connectivity index (χ4v) is 1.24. The quantitative estimate of drug-likeness (QED) is 0.731. The van der Waals surface area contributed by atoms with Gasteiger partial charge in [0.15, 0.2) is 0 Å². The highest BCUT2D eigenvalue weighted by molar-refractivity contribution is 5.34. The number of aryl methyl sites for hydroxylation is 1. The minimum Gasteiger partial charge on any atom is -0.508 e. The van der Waals surface area contributed by atoms with Crippen molar-refractivity contribution in [2.75, 3.05) is 7.11 Å². The molecular formula is C10H14O2. The highest BCUT2D eigenvalue weighted by Crippen LogP contribution is 2.23. The normalized spacial score (nSPS) is 12.9. The number of rotatable bonds is 2. The van der Waals surface area contributed by atoms with Gasteiger partial charge in [-0.25, -0.2) is 0 Å². The molecule has 1 unspecified atom stereocenters. The lowest BCUT2D eigenvalue weighted by Gasteiger charge is -2.12. The van der Waals surface area contributed by atoms with Gasteiger partial charge in [0.2, 0.25) is 0 Å². The third-order valence-electron chi connectivity index (χ3n) is 2.04. The molecule has 1 N–H and O–H groups in total. The molecule has 12 heavy (non-hydrogen) atoms. The standard InChI is InChI=1S/C10H14O2/c1-7-6-9(11)4-5-10(7)8(2)12-3/h4-6,8,11H,1-3H3. The van der Waals surface area contributed by atoms with Gasteiger partial charge in [0.05, 0.1) is 6.10 Å².